The first-order valence-electron chi connectivity index (χ1n) is 15.2. The molecule has 0 bridgehead atoms. The molecule has 1 N–H and O–H groups in total. The molecule has 238 valence electrons. The predicted molar refractivity (Wildman–Crippen MR) is 176 cm³/mol. The number of ketones is 1. The molecule has 0 saturated carbocycles. The normalized spacial score (nSPS) is 13.5. The Balaban J connectivity index is 1.18. The van der Waals surface area contributed by atoms with Crippen molar-refractivity contribution in [2.75, 3.05) is 31.1 Å². The first-order chi connectivity index (χ1) is 22.7. The maximum absolute atomic E-state index is 14.5. The summed E-state index contributed by atoms with van der Waals surface area (Å²) >= 11 is 0. The van der Waals surface area contributed by atoms with E-state index in [1.807, 2.05) is 53.4 Å². The number of hydrogen-bond donors (Lipinski definition) is 1. The van der Waals surface area contributed by atoms with Crippen LogP contribution in [0, 0.1) is 11.6 Å². The van der Waals surface area contributed by atoms with E-state index >= 15 is 0 Å². The second-order valence-electron chi connectivity index (χ2n) is 11.4. The third-order valence-corrected chi connectivity index (χ3v) is 8.20. The Bertz CT molecular complexity index is 1980. The first-order valence-corrected chi connectivity index (χ1v) is 15.2. The molecule has 3 heterocycles. The Morgan fingerprint density at radius 3 is 2.13 bits per heavy atom. The molecule has 10 heteroatoms. The lowest BCUT2D eigenvalue weighted by atomic mass is 10.0. The molecule has 2 aromatic heterocycles. The molecule has 0 atom stereocenters. The van der Waals surface area contributed by atoms with Crippen molar-refractivity contribution in [3.05, 3.63) is 160 Å². The maximum Gasteiger partial charge on any atom is 0.294 e. The van der Waals surface area contributed by atoms with Crippen molar-refractivity contribution in [3.63, 3.8) is 0 Å². The molecule has 8 nitrogen and oxygen atoms in total. The van der Waals surface area contributed by atoms with Crippen LogP contribution in [-0.2, 0) is 22.6 Å². The number of nitrogens with zero attached hydrogens (tertiary/aromatic N) is 4. The number of carbonyl (C=O) groups is 2. The molecule has 0 spiro atoms. The van der Waals surface area contributed by atoms with Gasteiger partial charge in [0.25, 0.3) is 11.5 Å². The summed E-state index contributed by atoms with van der Waals surface area (Å²) < 4.78 is 31.2. The van der Waals surface area contributed by atoms with Crippen LogP contribution in [0.15, 0.2) is 120 Å². The van der Waals surface area contributed by atoms with Gasteiger partial charge in [0.15, 0.2) is 0 Å². The van der Waals surface area contributed by atoms with Crippen molar-refractivity contribution < 1.29 is 23.5 Å². The topological polar surface area (TPSA) is 87.8 Å². The highest BCUT2D eigenvalue weighted by molar-refractivity contribution is 6.41. The van der Waals surface area contributed by atoms with E-state index in [0.29, 0.717) is 31.7 Å². The molecule has 1 amide bonds. The number of rotatable bonds is 9. The zero-order chi connectivity index (χ0) is 32.9. The van der Waals surface area contributed by atoms with Crippen LogP contribution in [0.3, 0.4) is 0 Å². The van der Waals surface area contributed by atoms with Gasteiger partial charge in [0.05, 0.1) is 12.1 Å². The number of benzene rings is 3. The summed E-state index contributed by atoms with van der Waals surface area (Å²) in [5.74, 6) is -3.31. The van der Waals surface area contributed by atoms with Crippen LogP contribution < -0.4 is 10.5 Å². The highest BCUT2D eigenvalue weighted by Gasteiger charge is 2.26. The molecule has 0 radical (unpaired) electrons. The Morgan fingerprint density at radius 2 is 1.45 bits per heavy atom. The summed E-state index contributed by atoms with van der Waals surface area (Å²) in [6.07, 6.45) is 6.50. The smallest absolute Gasteiger partial charge is 0.294 e. The molecular weight excluding hydrogens is 602 g/mol. The molecule has 1 fully saturated rings. The quantitative estimate of drug-likeness (QED) is 0.134. The predicted octanol–water partition coefficient (Wildman–Crippen LogP) is 5.37. The van der Waals surface area contributed by atoms with Gasteiger partial charge in [0, 0.05) is 67.8 Å². The minimum absolute atomic E-state index is 0.130. The van der Waals surface area contributed by atoms with Gasteiger partial charge in [-0.15, -0.1) is 0 Å². The Morgan fingerprint density at radius 1 is 0.787 bits per heavy atom. The van der Waals surface area contributed by atoms with Crippen LogP contribution in [0.1, 0.15) is 22.3 Å². The molecule has 6 rings (SSSR count). The molecule has 1 saturated heterocycles. The van der Waals surface area contributed by atoms with Gasteiger partial charge in [-0.05, 0) is 78.2 Å². The number of aliphatic hydroxyl groups is 1. The van der Waals surface area contributed by atoms with Gasteiger partial charge in [0.2, 0.25) is 5.78 Å². The number of pyridine rings is 1. The standard InChI is InChI=1S/C37H32F2N4O4/c38-29-9-7-26(8-10-29)21-27-22-32(36(46)43(24-27)25-28-5-1-2-6-33(28)39)34(44)23-35(45)37(47)42-19-17-41(18-20-42)31-13-11-30(12-14-31)40-15-3-4-16-40/h1-16,22-24,44H,17-21,25H2/b34-23-. The number of anilines is 1. The second-order valence-corrected chi connectivity index (χ2v) is 11.4. The van der Waals surface area contributed by atoms with Crippen LogP contribution in [0.2, 0.25) is 0 Å². The van der Waals surface area contributed by atoms with Crippen LogP contribution in [0.4, 0.5) is 14.5 Å². The van der Waals surface area contributed by atoms with Crippen molar-refractivity contribution >= 4 is 23.1 Å². The van der Waals surface area contributed by atoms with E-state index in [2.05, 4.69) is 4.90 Å². The summed E-state index contributed by atoms with van der Waals surface area (Å²) in [4.78, 5) is 43.1. The molecular formula is C37H32F2N4O4. The number of aromatic nitrogens is 2. The average molecular weight is 635 g/mol. The summed E-state index contributed by atoms with van der Waals surface area (Å²) in [7, 11) is 0. The van der Waals surface area contributed by atoms with Gasteiger partial charge in [-0.3, -0.25) is 14.4 Å². The molecule has 5 aromatic rings. The van der Waals surface area contributed by atoms with E-state index in [1.165, 1.54) is 46.0 Å². The first kappa shape index (κ1) is 31.2. The van der Waals surface area contributed by atoms with Crippen LogP contribution >= 0.6 is 0 Å². The SMILES string of the molecule is O=C(/C=C(\O)c1cc(Cc2ccc(F)cc2)cn(Cc2ccccc2F)c1=O)C(=O)N1CCN(c2ccc(-n3cccc3)cc2)CC1. The van der Waals surface area contributed by atoms with Crippen molar-refractivity contribution in [2.24, 2.45) is 0 Å². The number of hydrogen-bond acceptors (Lipinski definition) is 5. The zero-order valence-electron chi connectivity index (χ0n) is 25.4. The van der Waals surface area contributed by atoms with Crippen LogP contribution in [0.25, 0.3) is 11.4 Å². The number of carbonyl (C=O) groups excluding carboxylic acids is 2. The van der Waals surface area contributed by atoms with Gasteiger partial charge in [-0.1, -0.05) is 30.3 Å². The van der Waals surface area contributed by atoms with E-state index in [-0.39, 0.29) is 24.1 Å². The number of piperazine rings is 1. The zero-order valence-corrected chi connectivity index (χ0v) is 25.4. The monoisotopic (exact) mass is 634 g/mol. The second kappa shape index (κ2) is 13.7. The number of aliphatic hydroxyl groups excluding tert-OH is 1. The van der Waals surface area contributed by atoms with E-state index in [1.54, 1.807) is 24.3 Å². The molecule has 3 aromatic carbocycles. The summed E-state index contributed by atoms with van der Waals surface area (Å²) in [6, 6.07) is 25.2. The van der Waals surface area contributed by atoms with Crippen molar-refractivity contribution in [2.45, 2.75) is 13.0 Å². The van der Waals surface area contributed by atoms with Crippen molar-refractivity contribution in [1.29, 1.82) is 0 Å². The van der Waals surface area contributed by atoms with Gasteiger partial charge in [0.1, 0.15) is 17.4 Å². The number of amides is 1. The highest BCUT2D eigenvalue weighted by Crippen LogP contribution is 2.20. The molecule has 0 aliphatic carbocycles. The van der Waals surface area contributed by atoms with Crippen LogP contribution in [-0.4, -0.2) is 57.0 Å². The fourth-order valence-corrected chi connectivity index (χ4v) is 5.67. The summed E-state index contributed by atoms with van der Waals surface area (Å²) in [5.41, 5.74) is 2.70. The molecule has 1 aliphatic rings. The third-order valence-electron chi connectivity index (χ3n) is 8.20. The molecule has 47 heavy (non-hydrogen) atoms. The van der Waals surface area contributed by atoms with Crippen molar-refractivity contribution in [3.8, 4) is 5.69 Å². The minimum Gasteiger partial charge on any atom is -0.507 e. The van der Waals surface area contributed by atoms with Gasteiger partial charge < -0.3 is 24.0 Å². The van der Waals surface area contributed by atoms with Gasteiger partial charge in [-0.2, -0.15) is 0 Å². The van der Waals surface area contributed by atoms with Crippen LogP contribution in [0.5, 0.6) is 0 Å². The van der Waals surface area contributed by atoms with E-state index in [4.69, 9.17) is 0 Å². The molecule has 0 unspecified atom stereocenters. The van der Waals surface area contributed by atoms with E-state index < -0.39 is 34.6 Å². The Labute approximate surface area is 270 Å². The Hall–Kier alpha value is -5.77. The highest BCUT2D eigenvalue weighted by atomic mass is 19.1. The Kier molecular flexibility index (Phi) is 9.10. The lowest BCUT2D eigenvalue weighted by molar-refractivity contribution is -0.142. The summed E-state index contributed by atoms with van der Waals surface area (Å²) in [6.45, 7) is 1.52. The number of halogens is 2. The fraction of sp³-hybridized carbons (Fsp3) is 0.162. The minimum atomic E-state index is -0.962. The molecule has 1 aliphatic heterocycles. The lowest BCUT2D eigenvalue weighted by Crippen LogP contribution is -2.50. The third kappa shape index (κ3) is 7.22. The van der Waals surface area contributed by atoms with E-state index in [0.717, 1.165) is 23.0 Å². The van der Waals surface area contributed by atoms with E-state index in [9.17, 15) is 28.3 Å². The summed E-state index contributed by atoms with van der Waals surface area (Å²) in [5, 5.41) is 11.0. The van der Waals surface area contributed by atoms with Gasteiger partial charge in [-0.25, -0.2) is 8.78 Å². The van der Waals surface area contributed by atoms with Crippen molar-refractivity contribution in [1.82, 2.24) is 14.0 Å². The average Bonchev–Trinajstić information content (AvgIpc) is 3.63. The largest absolute Gasteiger partial charge is 0.507 e. The lowest BCUT2D eigenvalue weighted by Gasteiger charge is -2.35. The van der Waals surface area contributed by atoms with Gasteiger partial charge >= 0.3 is 0 Å². The fourth-order valence-electron chi connectivity index (χ4n) is 5.67. The maximum atomic E-state index is 14.5.